The van der Waals surface area contributed by atoms with Crippen LogP contribution in [0.15, 0.2) is 60.9 Å². The molecule has 5 rings (SSSR count). The first-order chi connectivity index (χ1) is 15.6. The normalized spacial score (nSPS) is 14.1. The van der Waals surface area contributed by atoms with E-state index in [1.54, 1.807) is 19.5 Å². The van der Waals surface area contributed by atoms with Crippen LogP contribution in [0.3, 0.4) is 0 Å². The van der Waals surface area contributed by atoms with Gasteiger partial charge in [0.05, 0.1) is 30.5 Å². The van der Waals surface area contributed by atoms with Crippen molar-refractivity contribution < 1.29 is 9.53 Å². The van der Waals surface area contributed by atoms with Crippen molar-refractivity contribution in [2.75, 3.05) is 38.2 Å². The number of ether oxygens (including phenoxy) is 1. The van der Waals surface area contributed by atoms with Crippen LogP contribution in [0, 0.1) is 6.92 Å². The third-order valence-electron chi connectivity index (χ3n) is 5.78. The van der Waals surface area contributed by atoms with Gasteiger partial charge in [-0.05, 0) is 37.3 Å². The van der Waals surface area contributed by atoms with Crippen molar-refractivity contribution in [3.8, 4) is 11.6 Å². The predicted molar refractivity (Wildman–Crippen MR) is 123 cm³/mol. The van der Waals surface area contributed by atoms with Crippen molar-refractivity contribution in [1.82, 2.24) is 24.4 Å². The van der Waals surface area contributed by atoms with Crippen LogP contribution >= 0.6 is 0 Å². The molecule has 0 unspecified atom stereocenters. The number of methoxy groups -OCH3 is 1. The molecule has 3 heterocycles. The Morgan fingerprint density at radius 2 is 1.75 bits per heavy atom. The molecule has 0 aliphatic carbocycles. The van der Waals surface area contributed by atoms with Crippen LogP contribution in [-0.2, 0) is 0 Å². The molecule has 0 spiro atoms. The van der Waals surface area contributed by atoms with E-state index < -0.39 is 0 Å². The number of para-hydroxylation sites is 1. The summed E-state index contributed by atoms with van der Waals surface area (Å²) < 4.78 is 7.27. The molecule has 1 aliphatic rings. The van der Waals surface area contributed by atoms with E-state index in [9.17, 15) is 4.79 Å². The molecule has 8 nitrogen and oxygen atoms in total. The molecule has 1 amide bonds. The zero-order valence-corrected chi connectivity index (χ0v) is 18.1. The fourth-order valence-electron chi connectivity index (χ4n) is 4.15. The van der Waals surface area contributed by atoms with Crippen molar-refractivity contribution in [2.24, 2.45) is 0 Å². The summed E-state index contributed by atoms with van der Waals surface area (Å²) in [6, 6.07) is 15.9. The highest BCUT2D eigenvalue weighted by Crippen LogP contribution is 2.23. The standard InChI is InChI=1S/C24H24N6O2/c1-17-26-20-14-18(8-9-21(20)30(17)19-6-4-3-5-7-19)24(31)29-12-10-28(11-13-29)22-15-25-16-23(27-22)32-2/h3-9,14-16H,10-13H2,1-2H3. The molecule has 2 aromatic carbocycles. The zero-order valence-electron chi connectivity index (χ0n) is 18.1. The van der Waals surface area contributed by atoms with Gasteiger partial charge in [-0.25, -0.2) is 4.98 Å². The molecule has 162 valence electrons. The lowest BCUT2D eigenvalue weighted by molar-refractivity contribution is 0.0746. The number of carbonyl (C=O) groups excluding carboxylic acids is 1. The minimum atomic E-state index is 0.0233. The highest BCUT2D eigenvalue weighted by molar-refractivity contribution is 5.97. The Kier molecular flexibility index (Phi) is 5.18. The second kappa shape index (κ2) is 8.30. The molecule has 1 aliphatic heterocycles. The number of carbonyl (C=O) groups is 1. The highest BCUT2D eigenvalue weighted by atomic mass is 16.5. The van der Waals surface area contributed by atoms with Crippen LogP contribution in [-0.4, -0.2) is 63.6 Å². The van der Waals surface area contributed by atoms with Gasteiger partial charge in [-0.3, -0.25) is 14.3 Å². The zero-order chi connectivity index (χ0) is 22.1. The number of hydrogen-bond acceptors (Lipinski definition) is 6. The Morgan fingerprint density at radius 1 is 0.969 bits per heavy atom. The lowest BCUT2D eigenvalue weighted by Crippen LogP contribution is -2.49. The van der Waals surface area contributed by atoms with Crippen molar-refractivity contribution in [1.29, 1.82) is 0 Å². The molecule has 32 heavy (non-hydrogen) atoms. The maximum Gasteiger partial charge on any atom is 0.254 e. The van der Waals surface area contributed by atoms with Crippen molar-refractivity contribution in [2.45, 2.75) is 6.92 Å². The third kappa shape index (κ3) is 3.64. The minimum absolute atomic E-state index is 0.0233. The van der Waals surface area contributed by atoms with Gasteiger partial charge in [0.25, 0.3) is 5.91 Å². The average Bonchev–Trinajstić information content (AvgIpc) is 3.19. The number of piperazine rings is 1. The molecule has 0 bridgehead atoms. The molecule has 1 fully saturated rings. The summed E-state index contributed by atoms with van der Waals surface area (Å²) >= 11 is 0. The number of fused-ring (bicyclic) bond motifs is 1. The number of rotatable bonds is 4. The van der Waals surface area contributed by atoms with Gasteiger partial charge in [-0.1, -0.05) is 18.2 Å². The van der Waals surface area contributed by atoms with E-state index >= 15 is 0 Å². The fraction of sp³-hybridized carbons (Fsp3) is 0.250. The molecule has 1 saturated heterocycles. The summed E-state index contributed by atoms with van der Waals surface area (Å²) in [6.45, 7) is 4.60. The number of aryl methyl sites for hydroxylation is 1. The number of hydrogen-bond donors (Lipinski definition) is 0. The van der Waals surface area contributed by atoms with Crippen molar-refractivity contribution in [3.63, 3.8) is 0 Å². The van der Waals surface area contributed by atoms with E-state index in [4.69, 9.17) is 9.72 Å². The van der Waals surface area contributed by atoms with Gasteiger partial charge in [0.15, 0.2) is 5.82 Å². The fourth-order valence-corrected chi connectivity index (χ4v) is 4.15. The first-order valence-electron chi connectivity index (χ1n) is 10.6. The smallest absolute Gasteiger partial charge is 0.254 e. The summed E-state index contributed by atoms with van der Waals surface area (Å²) in [5.74, 6) is 2.17. The molecule has 0 radical (unpaired) electrons. The van der Waals surface area contributed by atoms with Gasteiger partial charge in [0, 0.05) is 37.4 Å². The number of benzene rings is 2. The number of nitrogens with zero attached hydrogens (tertiary/aromatic N) is 6. The second-order valence-corrected chi connectivity index (χ2v) is 7.73. The molecular formula is C24H24N6O2. The lowest BCUT2D eigenvalue weighted by Gasteiger charge is -2.35. The number of anilines is 1. The number of amides is 1. The largest absolute Gasteiger partial charge is 0.480 e. The number of imidazole rings is 1. The van der Waals surface area contributed by atoms with E-state index in [1.165, 1.54) is 0 Å². The van der Waals surface area contributed by atoms with Crippen LogP contribution in [0.5, 0.6) is 5.88 Å². The van der Waals surface area contributed by atoms with Crippen molar-refractivity contribution >= 4 is 22.8 Å². The first-order valence-corrected chi connectivity index (χ1v) is 10.6. The Bertz CT molecular complexity index is 1260. The van der Waals surface area contributed by atoms with Crippen LogP contribution in [0.25, 0.3) is 16.7 Å². The van der Waals surface area contributed by atoms with Gasteiger partial charge >= 0.3 is 0 Å². The van der Waals surface area contributed by atoms with Crippen molar-refractivity contribution in [3.05, 3.63) is 72.3 Å². The molecular weight excluding hydrogens is 404 g/mol. The van der Waals surface area contributed by atoms with Gasteiger partial charge in [-0.2, -0.15) is 4.98 Å². The van der Waals surface area contributed by atoms with Crippen LogP contribution in [0.2, 0.25) is 0 Å². The summed E-state index contributed by atoms with van der Waals surface area (Å²) in [7, 11) is 1.58. The van der Waals surface area contributed by atoms with Gasteiger partial charge in [-0.15, -0.1) is 0 Å². The van der Waals surface area contributed by atoms with Gasteiger partial charge in [0.1, 0.15) is 5.82 Å². The van der Waals surface area contributed by atoms with Crippen LogP contribution in [0.1, 0.15) is 16.2 Å². The van der Waals surface area contributed by atoms with Crippen LogP contribution in [0.4, 0.5) is 5.82 Å². The molecule has 2 aromatic heterocycles. The Labute approximate surface area is 186 Å². The minimum Gasteiger partial charge on any atom is -0.480 e. The van der Waals surface area contributed by atoms with E-state index in [0.717, 1.165) is 28.4 Å². The third-order valence-corrected chi connectivity index (χ3v) is 5.78. The molecule has 0 saturated carbocycles. The number of aromatic nitrogens is 4. The summed E-state index contributed by atoms with van der Waals surface area (Å²) in [4.78, 5) is 30.5. The van der Waals surface area contributed by atoms with Crippen LogP contribution < -0.4 is 9.64 Å². The lowest BCUT2D eigenvalue weighted by atomic mass is 10.1. The van der Waals surface area contributed by atoms with E-state index in [1.807, 2.05) is 48.2 Å². The first kappa shape index (κ1) is 20.0. The SMILES string of the molecule is COc1cncc(N2CCN(C(=O)c3ccc4c(c3)nc(C)n4-c3ccccc3)CC2)n1. The maximum absolute atomic E-state index is 13.2. The second-order valence-electron chi connectivity index (χ2n) is 7.73. The highest BCUT2D eigenvalue weighted by Gasteiger charge is 2.24. The van der Waals surface area contributed by atoms with E-state index in [2.05, 4.69) is 31.6 Å². The Balaban J connectivity index is 1.33. The topological polar surface area (TPSA) is 76.4 Å². The average molecular weight is 428 g/mol. The van der Waals surface area contributed by atoms with Gasteiger partial charge in [0.2, 0.25) is 5.88 Å². The summed E-state index contributed by atoms with van der Waals surface area (Å²) in [5, 5.41) is 0. The Morgan fingerprint density at radius 3 is 2.50 bits per heavy atom. The maximum atomic E-state index is 13.2. The van der Waals surface area contributed by atoms with Gasteiger partial charge < -0.3 is 14.5 Å². The molecule has 4 aromatic rings. The summed E-state index contributed by atoms with van der Waals surface area (Å²) in [5.41, 5.74) is 3.53. The van der Waals surface area contributed by atoms with E-state index in [0.29, 0.717) is 37.6 Å². The molecule has 8 heteroatoms. The van der Waals surface area contributed by atoms with E-state index in [-0.39, 0.29) is 5.91 Å². The molecule has 0 N–H and O–H groups in total. The quantitative estimate of drug-likeness (QED) is 0.497. The Hall–Kier alpha value is -3.94. The summed E-state index contributed by atoms with van der Waals surface area (Å²) in [6.07, 6.45) is 3.31. The molecule has 0 atom stereocenters. The predicted octanol–water partition coefficient (Wildman–Crippen LogP) is 3.09. The monoisotopic (exact) mass is 428 g/mol.